The van der Waals surface area contributed by atoms with Crippen molar-refractivity contribution >= 4 is 28.9 Å². The zero-order valence-electron chi connectivity index (χ0n) is 15.8. The minimum Gasteiger partial charge on any atom is -0.349 e. The zero-order valence-corrected chi connectivity index (χ0v) is 16.7. The van der Waals surface area contributed by atoms with Gasteiger partial charge in [-0.1, -0.05) is 36.4 Å². The van der Waals surface area contributed by atoms with Crippen LogP contribution in [0.1, 0.15) is 27.5 Å². The Morgan fingerprint density at radius 3 is 2.60 bits per heavy atom. The van der Waals surface area contributed by atoms with Gasteiger partial charge in [0.05, 0.1) is 29.6 Å². The first-order valence-electron chi connectivity index (χ1n) is 9.56. The second kappa shape index (κ2) is 6.95. The first-order chi connectivity index (χ1) is 14.7. The van der Waals surface area contributed by atoms with Crippen LogP contribution in [0.2, 0.25) is 0 Å². The minimum atomic E-state index is -1.40. The first kappa shape index (κ1) is 18.3. The number of hydrogen-bond acceptors (Lipinski definition) is 6. The number of aromatic nitrogens is 1. The summed E-state index contributed by atoms with van der Waals surface area (Å²) in [5.74, 6) is -0.693. The lowest BCUT2D eigenvalue weighted by molar-refractivity contribution is 0.0951. The molecule has 1 aromatic carbocycles. The van der Waals surface area contributed by atoms with Gasteiger partial charge in [0.2, 0.25) is 0 Å². The molecule has 0 radical (unpaired) electrons. The number of hydrogen-bond donors (Lipinski definition) is 0. The van der Waals surface area contributed by atoms with E-state index in [1.165, 1.54) is 11.3 Å². The maximum atomic E-state index is 13.8. The highest BCUT2D eigenvalue weighted by molar-refractivity contribution is 7.08. The molecule has 3 atom stereocenters. The van der Waals surface area contributed by atoms with Crippen LogP contribution in [0.4, 0.5) is 5.69 Å². The van der Waals surface area contributed by atoms with E-state index in [9.17, 15) is 15.3 Å². The molecule has 6 heteroatoms. The summed E-state index contributed by atoms with van der Waals surface area (Å²) in [6.07, 6.45) is 5.39. The van der Waals surface area contributed by atoms with Crippen LogP contribution in [0, 0.1) is 28.1 Å². The number of nitriles is 2. The first-order valence-corrected chi connectivity index (χ1v) is 10.5. The molecule has 144 valence electrons. The van der Waals surface area contributed by atoms with Gasteiger partial charge in [-0.05, 0) is 40.6 Å². The van der Waals surface area contributed by atoms with E-state index in [0.29, 0.717) is 5.56 Å². The summed E-state index contributed by atoms with van der Waals surface area (Å²) in [4.78, 5) is 20.2. The predicted octanol–water partition coefficient (Wildman–Crippen LogP) is 4.43. The van der Waals surface area contributed by atoms with Crippen LogP contribution in [0.3, 0.4) is 0 Å². The van der Waals surface area contributed by atoms with Crippen LogP contribution < -0.4 is 4.90 Å². The molecule has 0 aliphatic carbocycles. The largest absolute Gasteiger partial charge is 0.349 e. The number of carbonyl (C=O) groups excluding carboxylic acids is 1. The third-order valence-corrected chi connectivity index (χ3v) is 6.70. The summed E-state index contributed by atoms with van der Waals surface area (Å²) in [6, 6.07) is 18.1. The van der Waals surface area contributed by atoms with Crippen LogP contribution in [0.5, 0.6) is 0 Å². The summed E-state index contributed by atoms with van der Waals surface area (Å²) < 4.78 is 0. The standard InChI is InChI=1S/C24H16N4OS/c25-14-24(15-26)20-9-8-18-19(7-4-11-27-18)28(20)22(21(24)17-10-12-30-13-17)23(29)16-5-2-1-3-6-16/h1-13,20-22H. The fourth-order valence-electron chi connectivity index (χ4n) is 4.71. The quantitative estimate of drug-likeness (QED) is 0.599. The normalized spacial score (nSPS) is 23.1. The molecule has 30 heavy (non-hydrogen) atoms. The summed E-state index contributed by atoms with van der Waals surface area (Å²) >= 11 is 1.50. The van der Waals surface area contributed by atoms with Gasteiger partial charge < -0.3 is 4.90 Å². The monoisotopic (exact) mass is 408 g/mol. The number of fused-ring (bicyclic) bond motifs is 3. The summed E-state index contributed by atoms with van der Waals surface area (Å²) in [6.45, 7) is 0. The third-order valence-electron chi connectivity index (χ3n) is 6.00. The van der Waals surface area contributed by atoms with Gasteiger partial charge in [-0.2, -0.15) is 21.9 Å². The van der Waals surface area contributed by atoms with E-state index in [2.05, 4.69) is 17.1 Å². The molecule has 0 N–H and O–H groups in total. The minimum absolute atomic E-state index is 0.103. The Bertz CT molecular complexity index is 1210. The van der Waals surface area contributed by atoms with Gasteiger partial charge in [0.25, 0.3) is 0 Å². The molecular weight excluding hydrogens is 392 g/mol. The average Bonchev–Trinajstić information content (AvgIpc) is 3.43. The molecule has 0 spiro atoms. The zero-order chi connectivity index (χ0) is 20.7. The van der Waals surface area contributed by atoms with Crippen LogP contribution in [0.25, 0.3) is 6.08 Å². The molecule has 3 aromatic rings. The Morgan fingerprint density at radius 1 is 1.10 bits per heavy atom. The van der Waals surface area contributed by atoms with Crippen molar-refractivity contribution in [2.24, 2.45) is 5.41 Å². The van der Waals surface area contributed by atoms with E-state index in [1.54, 1.807) is 18.3 Å². The smallest absolute Gasteiger partial charge is 0.185 e. The van der Waals surface area contributed by atoms with E-state index in [1.807, 2.05) is 64.2 Å². The van der Waals surface area contributed by atoms with E-state index in [0.717, 1.165) is 16.9 Å². The predicted molar refractivity (Wildman–Crippen MR) is 115 cm³/mol. The van der Waals surface area contributed by atoms with Crippen molar-refractivity contribution in [2.45, 2.75) is 18.0 Å². The van der Waals surface area contributed by atoms with Gasteiger partial charge >= 0.3 is 0 Å². The van der Waals surface area contributed by atoms with Crippen molar-refractivity contribution in [1.82, 2.24) is 4.98 Å². The number of anilines is 1. The second-order valence-electron chi connectivity index (χ2n) is 7.42. The molecule has 0 bridgehead atoms. The van der Waals surface area contributed by atoms with Crippen molar-refractivity contribution in [3.63, 3.8) is 0 Å². The Balaban J connectivity index is 1.78. The Morgan fingerprint density at radius 2 is 1.90 bits per heavy atom. The van der Waals surface area contributed by atoms with Crippen molar-refractivity contribution < 1.29 is 4.79 Å². The van der Waals surface area contributed by atoms with E-state index in [4.69, 9.17) is 0 Å². The molecule has 0 saturated carbocycles. The maximum absolute atomic E-state index is 13.8. The van der Waals surface area contributed by atoms with Crippen LogP contribution in [-0.2, 0) is 0 Å². The lowest BCUT2D eigenvalue weighted by Crippen LogP contribution is -2.44. The van der Waals surface area contributed by atoms with Crippen LogP contribution in [-0.4, -0.2) is 22.9 Å². The molecule has 0 amide bonds. The van der Waals surface area contributed by atoms with E-state index < -0.39 is 23.4 Å². The molecule has 1 saturated heterocycles. The van der Waals surface area contributed by atoms with Crippen molar-refractivity contribution in [3.05, 3.63) is 88.4 Å². The second-order valence-corrected chi connectivity index (χ2v) is 8.20. The lowest BCUT2D eigenvalue weighted by Gasteiger charge is -2.34. The molecule has 4 heterocycles. The number of Topliss-reactive ketones (excluding diaryl/α,β-unsaturated/α-hetero) is 1. The number of thiophene rings is 1. The number of benzene rings is 1. The average molecular weight is 408 g/mol. The summed E-state index contributed by atoms with van der Waals surface area (Å²) in [5.41, 5.74) is 1.50. The number of ketones is 1. The number of rotatable bonds is 3. The fraction of sp³-hybridized carbons (Fsp3) is 0.167. The van der Waals surface area contributed by atoms with Crippen molar-refractivity contribution in [2.75, 3.05) is 4.90 Å². The topological polar surface area (TPSA) is 80.8 Å². The lowest BCUT2D eigenvalue weighted by atomic mass is 9.69. The molecule has 2 aliphatic heterocycles. The van der Waals surface area contributed by atoms with Gasteiger partial charge in [0.1, 0.15) is 6.04 Å². The van der Waals surface area contributed by atoms with E-state index in [-0.39, 0.29) is 5.78 Å². The maximum Gasteiger partial charge on any atom is 0.185 e. The molecule has 1 fully saturated rings. The summed E-state index contributed by atoms with van der Waals surface area (Å²) in [7, 11) is 0. The highest BCUT2D eigenvalue weighted by Gasteiger charge is 2.63. The Kier molecular flexibility index (Phi) is 4.24. The fourth-order valence-corrected chi connectivity index (χ4v) is 5.41. The Hall–Kier alpha value is -3.74. The molecule has 2 aromatic heterocycles. The molecule has 5 nitrogen and oxygen atoms in total. The van der Waals surface area contributed by atoms with Gasteiger partial charge in [0, 0.05) is 17.7 Å². The molecule has 5 rings (SSSR count). The van der Waals surface area contributed by atoms with Gasteiger partial charge in [0.15, 0.2) is 11.2 Å². The third kappa shape index (κ3) is 2.45. The van der Waals surface area contributed by atoms with Crippen LogP contribution in [0.15, 0.2) is 71.6 Å². The molecule has 3 unspecified atom stereocenters. The van der Waals surface area contributed by atoms with Crippen molar-refractivity contribution in [3.8, 4) is 12.1 Å². The highest BCUT2D eigenvalue weighted by atomic mass is 32.1. The SMILES string of the molecule is N#CC1(C#N)C(c2ccsc2)C(C(=O)c2ccccc2)N2c3cccnc3C=CC21. The van der Waals surface area contributed by atoms with Crippen LogP contribution >= 0.6 is 11.3 Å². The van der Waals surface area contributed by atoms with Gasteiger partial charge in [-0.25, -0.2) is 0 Å². The molecular formula is C24H16N4OS. The molecule has 2 aliphatic rings. The van der Waals surface area contributed by atoms with E-state index >= 15 is 0 Å². The highest BCUT2D eigenvalue weighted by Crippen LogP contribution is 2.55. The number of pyridine rings is 1. The number of nitrogens with zero attached hydrogens (tertiary/aromatic N) is 4. The summed E-state index contributed by atoms with van der Waals surface area (Å²) in [5, 5.41) is 24.4. The van der Waals surface area contributed by atoms with Gasteiger partial charge in [-0.3, -0.25) is 9.78 Å². The number of carbonyl (C=O) groups is 1. The van der Waals surface area contributed by atoms with Gasteiger partial charge in [-0.15, -0.1) is 0 Å². The van der Waals surface area contributed by atoms with Crippen molar-refractivity contribution in [1.29, 1.82) is 10.5 Å². The Labute approximate surface area is 178 Å².